The number of hydrogen-bond donors (Lipinski definition) is 0. The quantitative estimate of drug-likeness (QED) is 0.680. The van der Waals surface area contributed by atoms with E-state index in [0.29, 0.717) is 33.8 Å². The second kappa shape index (κ2) is 6.29. The first-order valence-electron chi connectivity index (χ1n) is 7.13. The normalized spacial score (nSPS) is 10.7. The molecule has 0 amide bonds. The molecule has 0 aromatic carbocycles. The highest BCUT2D eigenvalue weighted by molar-refractivity contribution is 7.20. The maximum Gasteiger partial charge on any atom is 0.348 e. The van der Waals surface area contributed by atoms with Crippen LogP contribution in [-0.2, 0) is 4.74 Å². The number of aryl methyl sites for hydroxylation is 2. The molecule has 3 aromatic rings. The molecule has 0 N–H and O–H groups in total. The Bertz CT molecular complexity index is 862. The van der Waals surface area contributed by atoms with Crippen LogP contribution in [0.5, 0.6) is 11.6 Å². The van der Waals surface area contributed by atoms with Crippen molar-refractivity contribution in [2.24, 2.45) is 0 Å². The van der Waals surface area contributed by atoms with Crippen LogP contribution in [0.25, 0.3) is 10.2 Å². The fraction of sp³-hybridized carbons (Fsp3) is 0.250. The van der Waals surface area contributed by atoms with Crippen LogP contribution in [0.15, 0.2) is 24.5 Å². The van der Waals surface area contributed by atoms with E-state index in [9.17, 15) is 4.79 Å². The first kappa shape index (κ1) is 15.4. The van der Waals surface area contributed by atoms with Crippen molar-refractivity contribution in [3.8, 4) is 11.6 Å². The molecule has 0 aliphatic rings. The standard InChI is InChI=1S/C16H15N3O3S/c1-4-21-16(20)13-9(2)12-14(18-10(3)19-15(12)23-13)22-11-6-5-7-17-8-11/h5-8H,4H2,1-3H3. The highest BCUT2D eigenvalue weighted by atomic mass is 32.1. The third kappa shape index (κ3) is 3.00. The number of thiophene rings is 1. The Labute approximate surface area is 137 Å². The van der Waals surface area contributed by atoms with E-state index in [-0.39, 0.29) is 5.97 Å². The van der Waals surface area contributed by atoms with E-state index in [1.165, 1.54) is 11.3 Å². The molecular formula is C16H15N3O3S. The molecule has 118 valence electrons. The first-order valence-corrected chi connectivity index (χ1v) is 7.94. The average Bonchev–Trinajstić information content (AvgIpc) is 2.85. The predicted molar refractivity (Wildman–Crippen MR) is 87.2 cm³/mol. The lowest BCUT2D eigenvalue weighted by Crippen LogP contribution is -2.03. The molecular weight excluding hydrogens is 314 g/mol. The Hall–Kier alpha value is -2.54. The van der Waals surface area contributed by atoms with Gasteiger partial charge in [-0.2, -0.15) is 4.98 Å². The van der Waals surface area contributed by atoms with Crippen molar-refractivity contribution in [1.82, 2.24) is 15.0 Å². The monoisotopic (exact) mass is 329 g/mol. The summed E-state index contributed by atoms with van der Waals surface area (Å²) >= 11 is 1.29. The zero-order valence-electron chi connectivity index (χ0n) is 13.0. The topological polar surface area (TPSA) is 74.2 Å². The van der Waals surface area contributed by atoms with Crippen LogP contribution in [0.4, 0.5) is 0 Å². The van der Waals surface area contributed by atoms with Crippen molar-refractivity contribution in [3.63, 3.8) is 0 Å². The summed E-state index contributed by atoms with van der Waals surface area (Å²) in [6.07, 6.45) is 3.28. The molecule has 0 fully saturated rings. The highest BCUT2D eigenvalue weighted by Gasteiger charge is 2.21. The van der Waals surface area contributed by atoms with Gasteiger partial charge in [-0.05, 0) is 38.5 Å². The summed E-state index contributed by atoms with van der Waals surface area (Å²) in [5.74, 6) is 1.23. The van der Waals surface area contributed by atoms with Crippen LogP contribution in [0.3, 0.4) is 0 Å². The Morgan fingerprint density at radius 3 is 2.83 bits per heavy atom. The number of carbonyl (C=O) groups excluding carboxylic acids is 1. The van der Waals surface area contributed by atoms with Crippen LogP contribution in [0.1, 0.15) is 28.0 Å². The van der Waals surface area contributed by atoms with Crippen molar-refractivity contribution in [3.05, 3.63) is 40.8 Å². The molecule has 0 unspecified atom stereocenters. The molecule has 7 heteroatoms. The van der Waals surface area contributed by atoms with Crippen molar-refractivity contribution < 1.29 is 14.3 Å². The van der Waals surface area contributed by atoms with E-state index in [0.717, 1.165) is 10.9 Å². The molecule has 0 aliphatic carbocycles. The van der Waals surface area contributed by atoms with E-state index in [2.05, 4.69) is 15.0 Å². The zero-order chi connectivity index (χ0) is 16.4. The van der Waals surface area contributed by atoms with Gasteiger partial charge >= 0.3 is 5.97 Å². The summed E-state index contributed by atoms with van der Waals surface area (Å²) in [6, 6.07) is 3.58. The van der Waals surface area contributed by atoms with E-state index in [1.807, 2.05) is 6.92 Å². The number of carbonyl (C=O) groups is 1. The van der Waals surface area contributed by atoms with Crippen molar-refractivity contribution in [2.45, 2.75) is 20.8 Å². The minimum Gasteiger partial charge on any atom is -0.462 e. The molecule has 0 aliphatic heterocycles. The van der Waals surface area contributed by atoms with E-state index in [4.69, 9.17) is 9.47 Å². The number of hydrogen-bond acceptors (Lipinski definition) is 7. The summed E-state index contributed by atoms with van der Waals surface area (Å²) in [5.41, 5.74) is 0.766. The fourth-order valence-corrected chi connectivity index (χ4v) is 3.30. The third-order valence-electron chi connectivity index (χ3n) is 3.18. The lowest BCUT2D eigenvalue weighted by molar-refractivity contribution is 0.0531. The van der Waals surface area contributed by atoms with Gasteiger partial charge in [0.1, 0.15) is 21.3 Å². The summed E-state index contributed by atoms with van der Waals surface area (Å²) in [5, 5.41) is 0.729. The van der Waals surface area contributed by atoms with Gasteiger partial charge in [-0.25, -0.2) is 9.78 Å². The molecule has 0 bridgehead atoms. The van der Waals surface area contributed by atoms with Gasteiger partial charge in [0.25, 0.3) is 0 Å². The minimum absolute atomic E-state index is 0.330. The Kier molecular flexibility index (Phi) is 4.20. The number of ether oxygens (including phenoxy) is 2. The van der Waals surface area contributed by atoms with Gasteiger partial charge in [-0.1, -0.05) is 0 Å². The van der Waals surface area contributed by atoms with Gasteiger partial charge in [0.2, 0.25) is 5.88 Å². The highest BCUT2D eigenvalue weighted by Crippen LogP contribution is 2.37. The third-order valence-corrected chi connectivity index (χ3v) is 4.34. The van der Waals surface area contributed by atoms with E-state index >= 15 is 0 Å². The molecule has 23 heavy (non-hydrogen) atoms. The van der Waals surface area contributed by atoms with Gasteiger partial charge < -0.3 is 9.47 Å². The summed E-state index contributed by atoms with van der Waals surface area (Å²) in [6.45, 7) is 5.74. The van der Waals surface area contributed by atoms with Crippen LogP contribution in [0, 0.1) is 13.8 Å². The first-order chi connectivity index (χ1) is 11.1. The zero-order valence-corrected chi connectivity index (χ0v) is 13.8. The largest absolute Gasteiger partial charge is 0.462 e. The van der Waals surface area contributed by atoms with Crippen molar-refractivity contribution in [1.29, 1.82) is 0 Å². The van der Waals surface area contributed by atoms with Gasteiger partial charge in [-0.15, -0.1) is 11.3 Å². The van der Waals surface area contributed by atoms with E-state index in [1.54, 1.807) is 38.4 Å². The Balaban J connectivity index is 2.12. The van der Waals surface area contributed by atoms with Crippen LogP contribution >= 0.6 is 11.3 Å². The van der Waals surface area contributed by atoms with Gasteiger partial charge in [0.05, 0.1) is 18.2 Å². The van der Waals surface area contributed by atoms with Gasteiger partial charge in [0.15, 0.2) is 0 Å². The number of nitrogens with zero attached hydrogens (tertiary/aromatic N) is 3. The SMILES string of the molecule is CCOC(=O)c1sc2nc(C)nc(Oc3cccnc3)c2c1C. The number of pyridine rings is 1. The summed E-state index contributed by atoms with van der Waals surface area (Å²) in [4.78, 5) is 26.1. The number of esters is 1. The lowest BCUT2D eigenvalue weighted by Gasteiger charge is -2.07. The molecule has 0 saturated carbocycles. The molecule has 3 aromatic heterocycles. The summed E-state index contributed by atoms with van der Waals surface area (Å²) in [7, 11) is 0. The smallest absolute Gasteiger partial charge is 0.348 e. The maximum atomic E-state index is 12.1. The molecule has 3 heterocycles. The number of rotatable bonds is 4. The van der Waals surface area contributed by atoms with Crippen molar-refractivity contribution >= 4 is 27.5 Å². The maximum absolute atomic E-state index is 12.1. The van der Waals surface area contributed by atoms with Crippen LogP contribution < -0.4 is 4.74 Å². The summed E-state index contributed by atoms with van der Waals surface area (Å²) < 4.78 is 10.9. The minimum atomic E-state index is -0.349. The molecule has 3 rings (SSSR count). The van der Waals surface area contributed by atoms with Gasteiger partial charge in [-0.3, -0.25) is 4.98 Å². The Morgan fingerprint density at radius 1 is 1.30 bits per heavy atom. The predicted octanol–water partition coefficient (Wildman–Crippen LogP) is 3.67. The molecule has 0 atom stereocenters. The molecule has 0 spiro atoms. The fourth-order valence-electron chi connectivity index (χ4n) is 2.19. The number of fused-ring (bicyclic) bond motifs is 1. The molecule has 0 saturated heterocycles. The molecule has 0 radical (unpaired) electrons. The number of aromatic nitrogens is 3. The van der Waals surface area contributed by atoms with E-state index < -0.39 is 0 Å². The molecule has 6 nitrogen and oxygen atoms in total. The second-order valence-corrected chi connectivity index (χ2v) is 5.82. The van der Waals surface area contributed by atoms with Crippen LogP contribution in [0.2, 0.25) is 0 Å². The van der Waals surface area contributed by atoms with Gasteiger partial charge in [0, 0.05) is 6.20 Å². The second-order valence-electron chi connectivity index (χ2n) is 4.82. The Morgan fingerprint density at radius 2 is 2.13 bits per heavy atom. The average molecular weight is 329 g/mol. The van der Waals surface area contributed by atoms with Crippen molar-refractivity contribution in [2.75, 3.05) is 6.61 Å². The lowest BCUT2D eigenvalue weighted by atomic mass is 10.2. The van der Waals surface area contributed by atoms with Crippen LogP contribution in [-0.4, -0.2) is 27.5 Å².